The van der Waals surface area contributed by atoms with E-state index in [1.165, 1.54) is 19.2 Å². The van der Waals surface area contributed by atoms with Crippen molar-refractivity contribution in [2.24, 2.45) is 0 Å². The number of anilines is 1. The van der Waals surface area contributed by atoms with Gasteiger partial charge in [0.1, 0.15) is 11.5 Å². The average Bonchev–Trinajstić information content (AvgIpc) is 2.47. The highest BCUT2D eigenvalue weighted by Gasteiger charge is 2.11. The molecule has 2 aromatic rings. The van der Waals surface area contributed by atoms with E-state index in [0.717, 1.165) is 0 Å². The molecule has 2 aromatic carbocycles. The highest BCUT2D eigenvalue weighted by molar-refractivity contribution is 6.33. The zero-order chi connectivity index (χ0) is 15.4. The number of carbonyl (C=O) groups excluding carboxylic acids is 1. The van der Waals surface area contributed by atoms with Crippen LogP contribution in [-0.4, -0.2) is 23.3 Å². The molecule has 0 spiro atoms. The Morgan fingerprint density at radius 2 is 2.00 bits per heavy atom. The Bertz CT molecular complexity index is 673. The van der Waals surface area contributed by atoms with Crippen molar-refractivity contribution in [3.63, 3.8) is 0 Å². The first-order valence-corrected chi connectivity index (χ1v) is 6.51. The summed E-state index contributed by atoms with van der Waals surface area (Å²) in [5.74, 6) is -0.531. The number of methoxy groups -OCH3 is 1. The van der Waals surface area contributed by atoms with Crippen LogP contribution in [0.25, 0.3) is 0 Å². The Morgan fingerprint density at radius 3 is 2.67 bits per heavy atom. The Kier molecular flexibility index (Phi) is 4.55. The third kappa shape index (κ3) is 3.58. The first-order valence-electron chi connectivity index (χ1n) is 6.14. The summed E-state index contributed by atoms with van der Waals surface area (Å²) >= 11 is 5.93. The molecular formula is C15H14ClNO4. The monoisotopic (exact) mass is 307 g/mol. The number of nitrogens with one attached hydrogen (secondary N) is 1. The van der Waals surface area contributed by atoms with Crippen LogP contribution in [0.15, 0.2) is 36.4 Å². The fourth-order valence-electron chi connectivity index (χ4n) is 1.80. The van der Waals surface area contributed by atoms with E-state index in [1.54, 1.807) is 24.3 Å². The van der Waals surface area contributed by atoms with Gasteiger partial charge in [0.15, 0.2) is 0 Å². The summed E-state index contributed by atoms with van der Waals surface area (Å²) in [7, 11) is 1.28. The van der Waals surface area contributed by atoms with Crippen LogP contribution in [0.2, 0.25) is 5.02 Å². The van der Waals surface area contributed by atoms with Gasteiger partial charge in [-0.2, -0.15) is 0 Å². The predicted molar refractivity (Wildman–Crippen MR) is 79.9 cm³/mol. The molecule has 0 atom stereocenters. The van der Waals surface area contributed by atoms with Crippen molar-refractivity contribution in [1.82, 2.24) is 0 Å². The maximum atomic E-state index is 11.6. The molecule has 6 heteroatoms. The molecule has 0 radical (unpaired) electrons. The highest BCUT2D eigenvalue weighted by atomic mass is 35.5. The molecule has 0 amide bonds. The molecule has 5 nitrogen and oxygen atoms in total. The predicted octanol–water partition coefficient (Wildman–Crippen LogP) is 3.15. The maximum Gasteiger partial charge on any atom is 0.339 e. The third-order valence-corrected chi connectivity index (χ3v) is 3.25. The summed E-state index contributed by atoms with van der Waals surface area (Å²) in [5, 5.41) is 22.3. The quantitative estimate of drug-likeness (QED) is 0.756. The lowest BCUT2D eigenvalue weighted by Crippen LogP contribution is -2.05. The number of halogens is 1. The highest BCUT2D eigenvalue weighted by Crippen LogP contribution is 2.25. The van der Waals surface area contributed by atoms with Crippen molar-refractivity contribution < 1.29 is 19.7 Å². The van der Waals surface area contributed by atoms with Gasteiger partial charge in [0.05, 0.1) is 17.7 Å². The Balaban J connectivity index is 2.15. The first-order chi connectivity index (χ1) is 10.0. The van der Waals surface area contributed by atoms with E-state index in [9.17, 15) is 15.0 Å². The SMILES string of the molecule is COC(=O)c1cc(NCc2ccc(O)cc2O)ccc1Cl. The van der Waals surface area contributed by atoms with Gasteiger partial charge in [-0.1, -0.05) is 11.6 Å². The molecule has 0 aliphatic heterocycles. The van der Waals surface area contributed by atoms with Gasteiger partial charge < -0.3 is 20.3 Å². The van der Waals surface area contributed by atoms with E-state index < -0.39 is 5.97 Å². The standard InChI is InChI=1S/C15H14ClNO4/c1-21-15(20)12-6-10(3-5-13(12)16)17-8-9-2-4-11(18)7-14(9)19/h2-7,17-19H,8H2,1H3. The molecular weight excluding hydrogens is 294 g/mol. The summed E-state index contributed by atoms with van der Waals surface area (Å²) in [4.78, 5) is 11.6. The van der Waals surface area contributed by atoms with Crippen molar-refractivity contribution in [1.29, 1.82) is 0 Å². The molecule has 0 bridgehead atoms. The number of ether oxygens (including phenoxy) is 1. The molecule has 0 aliphatic carbocycles. The fourth-order valence-corrected chi connectivity index (χ4v) is 2.00. The van der Waals surface area contributed by atoms with E-state index in [-0.39, 0.29) is 17.1 Å². The molecule has 0 unspecified atom stereocenters. The van der Waals surface area contributed by atoms with Gasteiger partial charge in [-0.15, -0.1) is 0 Å². The second-order valence-corrected chi connectivity index (χ2v) is 4.76. The van der Waals surface area contributed by atoms with Crippen molar-refractivity contribution >= 4 is 23.3 Å². The van der Waals surface area contributed by atoms with Crippen LogP contribution >= 0.6 is 11.6 Å². The molecule has 110 valence electrons. The number of benzene rings is 2. The van der Waals surface area contributed by atoms with Crippen LogP contribution in [0.1, 0.15) is 15.9 Å². The Labute approximate surface area is 126 Å². The lowest BCUT2D eigenvalue weighted by Gasteiger charge is -2.10. The van der Waals surface area contributed by atoms with Crippen LogP contribution in [0.5, 0.6) is 11.5 Å². The number of rotatable bonds is 4. The lowest BCUT2D eigenvalue weighted by atomic mass is 10.1. The summed E-state index contributed by atoms with van der Waals surface area (Å²) in [6, 6.07) is 9.23. The zero-order valence-electron chi connectivity index (χ0n) is 11.3. The second-order valence-electron chi connectivity index (χ2n) is 4.35. The maximum absolute atomic E-state index is 11.6. The van der Waals surface area contributed by atoms with E-state index in [0.29, 0.717) is 22.8 Å². The minimum atomic E-state index is -0.517. The van der Waals surface area contributed by atoms with Crippen molar-refractivity contribution in [3.8, 4) is 11.5 Å². The molecule has 3 N–H and O–H groups in total. The summed E-state index contributed by atoms with van der Waals surface area (Å²) < 4.78 is 4.65. The molecule has 0 aromatic heterocycles. The van der Waals surface area contributed by atoms with Gasteiger partial charge in [-0.3, -0.25) is 0 Å². The smallest absolute Gasteiger partial charge is 0.339 e. The van der Waals surface area contributed by atoms with E-state index in [4.69, 9.17) is 11.6 Å². The van der Waals surface area contributed by atoms with E-state index in [2.05, 4.69) is 10.1 Å². The van der Waals surface area contributed by atoms with E-state index in [1.807, 2.05) is 0 Å². The van der Waals surface area contributed by atoms with E-state index >= 15 is 0 Å². The number of esters is 1. The van der Waals surface area contributed by atoms with Crippen LogP contribution in [0.4, 0.5) is 5.69 Å². The molecule has 0 saturated carbocycles. The van der Waals surface area contributed by atoms with Gasteiger partial charge in [-0.25, -0.2) is 4.79 Å². The molecule has 0 fully saturated rings. The van der Waals surface area contributed by atoms with Crippen molar-refractivity contribution in [3.05, 3.63) is 52.5 Å². The Hall–Kier alpha value is -2.40. The zero-order valence-corrected chi connectivity index (χ0v) is 12.0. The molecule has 0 saturated heterocycles. The fraction of sp³-hybridized carbons (Fsp3) is 0.133. The number of phenolic OH excluding ortho intramolecular Hbond substituents is 2. The minimum Gasteiger partial charge on any atom is -0.508 e. The van der Waals surface area contributed by atoms with Gasteiger partial charge in [-0.05, 0) is 30.3 Å². The van der Waals surface area contributed by atoms with Gasteiger partial charge in [0.2, 0.25) is 0 Å². The number of aromatic hydroxyl groups is 2. The number of hydrogen-bond acceptors (Lipinski definition) is 5. The number of phenols is 2. The van der Waals surface area contributed by atoms with Crippen LogP contribution in [-0.2, 0) is 11.3 Å². The minimum absolute atomic E-state index is 0.00396. The van der Waals surface area contributed by atoms with Crippen molar-refractivity contribution in [2.75, 3.05) is 12.4 Å². The number of carbonyl (C=O) groups is 1. The summed E-state index contributed by atoms with van der Waals surface area (Å²) in [5.41, 5.74) is 1.54. The summed E-state index contributed by atoms with van der Waals surface area (Å²) in [6.45, 7) is 0.328. The summed E-state index contributed by atoms with van der Waals surface area (Å²) in [6.07, 6.45) is 0. The van der Waals surface area contributed by atoms with Gasteiger partial charge >= 0.3 is 5.97 Å². The van der Waals surface area contributed by atoms with Gasteiger partial charge in [0, 0.05) is 23.9 Å². The van der Waals surface area contributed by atoms with Gasteiger partial charge in [0.25, 0.3) is 0 Å². The van der Waals surface area contributed by atoms with Crippen LogP contribution in [0, 0.1) is 0 Å². The number of hydrogen-bond donors (Lipinski definition) is 3. The van der Waals surface area contributed by atoms with Crippen LogP contribution < -0.4 is 5.32 Å². The largest absolute Gasteiger partial charge is 0.508 e. The topological polar surface area (TPSA) is 78.8 Å². The Morgan fingerprint density at radius 1 is 1.24 bits per heavy atom. The average molecular weight is 308 g/mol. The molecule has 0 heterocycles. The van der Waals surface area contributed by atoms with Crippen molar-refractivity contribution in [2.45, 2.75) is 6.54 Å². The molecule has 21 heavy (non-hydrogen) atoms. The normalized spacial score (nSPS) is 10.2. The molecule has 2 rings (SSSR count). The third-order valence-electron chi connectivity index (χ3n) is 2.92. The molecule has 0 aliphatic rings. The lowest BCUT2D eigenvalue weighted by molar-refractivity contribution is 0.0601. The first kappa shape index (κ1) is 15.0. The second kappa shape index (κ2) is 6.37. The van der Waals surface area contributed by atoms with Crippen LogP contribution in [0.3, 0.4) is 0 Å².